The lowest BCUT2D eigenvalue weighted by atomic mass is 10.1. The van der Waals surface area contributed by atoms with Gasteiger partial charge in [-0.2, -0.15) is 0 Å². The average molecular weight is 405 g/mol. The Balaban J connectivity index is 1.49. The summed E-state index contributed by atoms with van der Waals surface area (Å²) in [4.78, 5) is 17.0. The van der Waals surface area contributed by atoms with Gasteiger partial charge in [0.05, 0.1) is 12.7 Å². The minimum Gasteiger partial charge on any atom is -0.496 e. The minimum atomic E-state index is -0.355. The van der Waals surface area contributed by atoms with Crippen molar-refractivity contribution in [1.29, 1.82) is 0 Å². The zero-order chi connectivity index (χ0) is 20.2. The van der Waals surface area contributed by atoms with E-state index in [4.69, 9.17) is 9.26 Å². The predicted octanol–water partition coefficient (Wildman–Crippen LogP) is 5.29. The van der Waals surface area contributed by atoms with E-state index in [0.717, 1.165) is 17.5 Å². The van der Waals surface area contributed by atoms with E-state index in [1.54, 1.807) is 18.6 Å². The van der Waals surface area contributed by atoms with Crippen LogP contribution in [0.2, 0.25) is 0 Å². The number of para-hydroxylation sites is 1. The van der Waals surface area contributed by atoms with E-state index < -0.39 is 0 Å². The summed E-state index contributed by atoms with van der Waals surface area (Å²) in [5, 5.41) is 9.17. The molecular formula is C22H19N3O3S. The third kappa shape index (κ3) is 4.05. The van der Waals surface area contributed by atoms with E-state index in [-0.39, 0.29) is 11.8 Å². The Morgan fingerprint density at radius 1 is 1.17 bits per heavy atom. The highest BCUT2D eigenvalue weighted by molar-refractivity contribution is 7.13. The fraction of sp³-hybridized carbons (Fsp3) is 0.136. The Labute approximate surface area is 172 Å². The molecule has 0 aliphatic rings. The second kappa shape index (κ2) is 8.28. The lowest BCUT2D eigenvalue weighted by molar-refractivity contribution is 0.102. The standard InChI is InChI=1S/C22H19N3O3S/c1-3-14-8-10-15(11-9-14)17-12-20(28-25-17)24-21(26)18-13-29-22(23-18)16-6-4-5-7-19(16)27-2/h4-13H,3H2,1-2H3,(H,24,26). The summed E-state index contributed by atoms with van der Waals surface area (Å²) in [5.74, 6) is 0.630. The van der Waals surface area contributed by atoms with Crippen LogP contribution < -0.4 is 10.1 Å². The summed E-state index contributed by atoms with van der Waals surface area (Å²) in [5.41, 5.74) is 3.99. The molecule has 4 rings (SSSR count). The van der Waals surface area contributed by atoms with Gasteiger partial charge in [-0.05, 0) is 24.1 Å². The molecule has 0 saturated heterocycles. The van der Waals surface area contributed by atoms with E-state index in [9.17, 15) is 4.79 Å². The molecule has 0 aliphatic heterocycles. The second-order valence-corrected chi connectivity index (χ2v) is 7.18. The molecule has 0 unspecified atom stereocenters. The molecule has 0 aliphatic carbocycles. The maximum Gasteiger partial charge on any atom is 0.277 e. The summed E-state index contributed by atoms with van der Waals surface area (Å²) in [6.45, 7) is 2.11. The predicted molar refractivity (Wildman–Crippen MR) is 113 cm³/mol. The summed E-state index contributed by atoms with van der Waals surface area (Å²) in [6.07, 6.45) is 0.977. The van der Waals surface area contributed by atoms with Crippen molar-refractivity contribution in [3.63, 3.8) is 0 Å². The van der Waals surface area contributed by atoms with Gasteiger partial charge in [0.1, 0.15) is 22.1 Å². The molecule has 0 radical (unpaired) electrons. The number of nitrogens with one attached hydrogen (secondary N) is 1. The first-order valence-corrected chi connectivity index (χ1v) is 10.0. The first-order chi connectivity index (χ1) is 14.2. The van der Waals surface area contributed by atoms with Crippen LogP contribution in [-0.2, 0) is 6.42 Å². The Hall–Kier alpha value is -3.45. The zero-order valence-corrected chi connectivity index (χ0v) is 16.8. The molecule has 2 heterocycles. The van der Waals surface area contributed by atoms with Crippen molar-refractivity contribution in [3.05, 3.63) is 71.2 Å². The van der Waals surface area contributed by atoms with Gasteiger partial charge in [0.25, 0.3) is 5.91 Å². The highest BCUT2D eigenvalue weighted by atomic mass is 32.1. The number of carbonyl (C=O) groups excluding carboxylic acids is 1. The van der Waals surface area contributed by atoms with E-state index >= 15 is 0 Å². The molecule has 2 aromatic carbocycles. The number of rotatable bonds is 6. The Kier molecular flexibility index (Phi) is 5.39. The van der Waals surface area contributed by atoms with E-state index in [1.807, 2.05) is 36.4 Å². The topological polar surface area (TPSA) is 77.2 Å². The van der Waals surface area contributed by atoms with Crippen molar-refractivity contribution >= 4 is 23.1 Å². The van der Waals surface area contributed by atoms with Crippen molar-refractivity contribution in [2.75, 3.05) is 12.4 Å². The van der Waals surface area contributed by atoms with E-state index in [1.165, 1.54) is 16.9 Å². The van der Waals surface area contributed by atoms with Crippen molar-refractivity contribution < 1.29 is 14.1 Å². The zero-order valence-electron chi connectivity index (χ0n) is 16.0. The van der Waals surface area contributed by atoms with Gasteiger partial charge in [-0.1, -0.05) is 48.5 Å². The third-order valence-electron chi connectivity index (χ3n) is 4.48. The molecule has 7 heteroatoms. The molecule has 4 aromatic rings. The van der Waals surface area contributed by atoms with E-state index in [0.29, 0.717) is 22.1 Å². The van der Waals surface area contributed by atoms with Gasteiger partial charge in [-0.3, -0.25) is 10.1 Å². The van der Waals surface area contributed by atoms with Crippen LogP contribution in [-0.4, -0.2) is 23.2 Å². The molecule has 146 valence electrons. The number of aryl methyl sites for hydroxylation is 1. The smallest absolute Gasteiger partial charge is 0.277 e. The van der Waals surface area contributed by atoms with Crippen LogP contribution in [0.5, 0.6) is 5.75 Å². The number of hydrogen-bond acceptors (Lipinski definition) is 6. The number of nitrogens with zero attached hydrogens (tertiary/aromatic N) is 2. The second-order valence-electron chi connectivity index (χ2n) is 6.32. The highest BCUT2D eigenvalue weighted by Gasteiger charge is 2.16. The minimum absolute atomic E-state index is 0.274. The van der Waals surface area contributed by atoms with Crippen LogP contribution >= 0.6 is 11.3 Å². The van der Waals surface area contributed by atoms with Crippen LogP contribution in [0.25, 0.3) is 21.8 Å². The number of benzene rings is 2. The number of ether oxygens (including phenoxy) is 1. The summed E-state index contributed by atoms with van der Waals surface area (Å²) in [7, 11) is 1.61. The van der Waals surface area contributed by atoms with Crippen LogP contribution in [0.3, 0.4) is 0 Å². The van der Waals surface area contributed by atoms with Gasteiger partial charge in [0, 0.05) is 17.0 Å². The van der Waals surface area contributed by atoms with E-state index in [2.05, 4.69) is 34.5 Å². The summed E-state index contributed by atoms with van der Waals surface area (Å²) >= 11 is 1.38. The summed E-state index contributed by atoms with van der Waals surface area (Å²) < 4.78 is 10.6. The maximum atomic E-state index is 12.6. The number of amides is 1. The first-order valence-electron chi connectivity index (χ1n) is 9.14. The number of aromatic nitrogens is 2. The van der Waals surface area contributed by atoms with Gasteiger partial charge in [0.2, 0.25) is 5.88 Å². The molecule has 1 amide bonds. The first kappa shape index (κ1) is 18.9. The Bertz CT molecular complexity index is 1130. The molecule has 0 bridgehead atoms. The van der Waals surface area contributed by atoms with Gasteiger partial charge in [0.15, 0.2) is 0 Å². The van der Waals surface area contributed by atoms with Gasteiger partial charge in [-0.15, -0.1) is 11.3 Å². The fourth-order valence-corrected chi connectivity index (χ4v) is 3.71. The Morgan fingerprint density at radius 3 is 2.72 bits per heavy atom. The van der Waals surface area contributed by atoms with Crippen molar-refractivity contribution in [2.24, 2.45) is 0 Å². The van der Waals surface area contributed by atoms with Crippen molar-refractivity contribution in [3.8, 4) is 27.6 Å². The van der Waals surface area contributed by atoms with Gasteiger partial charge in [-0.25, -0.2) is 4.98 Å². The SMILES string of the molecule is CCc1ccc(-c2cc(NC(=O)c3csc(-c4ccccc4OC)n3)on2)cc1. The summed E-state index contributed by atoms with van der Waals surface area (Å²) in [6, 6.07) is 17.3. The number of thiazole rings is 1. The highest BCUT2D eigenvalue weighted by Crippen LogP contribution is 2.32. The quantitative estimate of drug-likeness (QED) is 0.472. The number of methoxy groups -OCH3 is 1. The molecule has 0 fully saturated rings. The monoisotopic (exact) mass is 405 g/mol. The third-order valence-corrected chi connectivity index (χ3v) is 5.35. The number of carbonyl (C=O) groups is 1. The number of anilines is 1. The Morgan fingerprint density at radius 2 is 1.97 bits per heavy atom. The molecule has 2 aromatic heterocycles. The lowest BCUT2D eigenvalue weighted by Gasteiger charge is -2.04. The van der Waals surface area contributed by atoms with Gasteiger partial charge >= 0.3 is 0 Å². The molecule has 1 N–H and O–H groups in total. The molecule has 0 atom stereocenters. The maximum absolute atomic E-state index is 12.6. The van der Waals surface area contributed by atoms with Crippen LogP contribution in [0, 0.1) is 0 Å². The number of hydrogen-bond donors (Lipinski definition) is 1. The van der Waals surface area contributed by atoms with Crippen LogP contribution in [0.15, 0.2) is 64.5 Å². The molecule has 29 heavy (non-hydrogen) atoms. The normalized spacial score (nSPS) is 10.7. The van der Waals surface area contributed by atoms with Crippen LogP contribution in [0.4, 0.5) is 5.88 Å². The molecule has 0 spiro atoms. The largest absolute Gasteiger partial charge is 0.496 e. The fourth-order valence-electron chi connectivity index (χ4n) is 2.88. The lowest BCUT2D eigenvalue weighted by Crippen LogP contribution is -2.11. The van der Waals surface area contributed by atoms with Gasteiger partial charge < -0.3 is 9.26 Å². The molecule has 0 saturated carbocycles. The van der Waals surface area contributed by atoms with Crippen LogP contribution in [0.1, 0.15) is 23.0 Å². The molecule has 6 nitrogen and oxygen atoms in total. The van der Waals surface area contributed by atoms with Crippen molar-refractivity contribution in [2.45, 2.75) is 13.3 Å². The molecular weight excluding hydrogens is 386 g/mol. The average Bonchev–Trinajstić information content (AvgIpc) is 3.44. The van der Waals surface area contributed by atoms with Crippen molar-refractivity contribution in [1.82, 2.24) is 10.1 Å².